The van der Waals surface area contributed by atoms with Crippen LogP contribution in [0.4, 0.5) is 4.39 Å². The Morgan fingerprint density at radius 3 is 2.92 bits per heavy atom. The largest absolute Gasteiger partial charge is 0.382 e. The van der Waals surface area contributed by atoms with Crippen molar-refractivity contribution in [2.75, 3.05) is 7.05 Å². The van der Waals surface area contributed by atoms with Gasteiger partial charge in [-0.2, -0.15) is 5.10 Å². The molecule has 0 bridgehead atoms. The monoisotopic (exact) mass is 364 g/mol. The van der Waals surface area contributed by atoms with Gasteiger partial charge in [0.2, 0.25) is 6.10 Å². The van der Waals surface area contributed by atoms with Crippen molar-refractivity contribution in [2.45, 2.75) is 26.0 Å². The van der Waals surface area contributed by atoms with E-state index in [1.807, 2.05) is 14.0 Å². The van der Waals surface area contributed by atoms with Gasteiger partial charge in [0.25, 0.3) is 5.91 Å². The van der Waals surface area contributed by atoms with Gasteiger partial charge in [0.1, 0.15) is 5.82 Å². The first kappa shape index (κ1) is 17.4. The highest BCUT2D eigenvalue weighted by atomic mass is 35.5. The van der Waals surface area contributed by atoms with Crippen molar-refractivity contribution >= 4 is 23.2 Å². The first-order valence-electron chi connectivity index (χ1n) is 7.78. The van der Waals surface area contributed by atoms with Gasteiger partial charge in [0.05, 0.1) is 22.5 Å². The van der Waals surface area contributed by atoms with E-state index in [4.69, 9.17) is 16.4 Å². The Labute approximate surface area is 149 Å². The van der Waals surface area contributed by atoms with Crippen molar-refractivity contribution in [3.05, 3.63) is 52.1 Å². The minimum Gasteiger partial charge on any atom is -0.382 e. The van der Waals surface area contributed by atoms with E-state index in [9.17, 15) is 9.18 Å². The summed E-state index contributed by atoms with van der Waals surface area (Å²) in [7, 11) is 3.53. The number of carbonyl (C=O) groups is 1. The third kappa shape index (κ3) is 3.37. The molecule has 0 fully saturated rings. The fourth-order valence-electron chi connectivity index (χ4n) is 2.71. The Hall–Kier alpha value is -2.41. The number of rotatable bonds is 4. The fraction of sp³-hybridized carbons (Fsp3) is 0.353. The van der Waals surface area contributed by atoms with Gasteiger partial charge in [-0.3, -0.25) is 9.48 Å². The lowest BCUT2D eigenvalue weighted by Gasteiger charge is -2.19. The number of likely N-dealkylation sites (N-methyl/N-ethyl adjacent to an activating group) is 1. The van der Waals surface area contributed by atoms with Crippen molar-refractivity contribution in [3.8, 4) is 0 Å². The zero-order chi connectivity index (χ0) is 18.1. The molecule has 0 N–H and O–H groups in total. The fourth-order valence-corrected chi connectivity index (χ4v) is 2.98. The molecule has 2 aromatic rings. The molecule has 3 rings (SSSR count). The SMILES string of the molecule is Cc1c(CN(C)C(=O)C2CC(c3c(F)cccc3Cl)=NO2)cnn1C. The molecule has 0 aliphatic carbocycles. The van der Waals surface area contributed by atoms with E-state index in [0.29, 0.717) is 12.3 Å². The number of hydrogen-bond donors (Lipinski definition) is 0. The maximum Gasteiger partial charge on any atom is 0.266 e. The number of benzene rings is 1. The van der Waals surface area contributed by atoms with Gasteiger partial charge in [0, 0.05) is 38.3 Å². The van der Waals surface area contributed by atoms with Crippen LogP contribution in [0.2, 0.25) is 5.02 Å². The lowest BCUT2D eigenvalue weighted by atomic mass is 10.0. The molecule has 0 radical (unpaired) electrons. The van der Waals surface area contributed by atoms with Crippen LogP contribution in [0.25, 0.3) is 0 Å². The first-order valence-corrected chi connectivity index (χ1v) is 8.15. The van der Waals surface area contributed by atoms with E-state index in [2.05, 4.69) is 10.3 Å². The molecule has 8 heteroatoms. The molecule has 1 unspecified atom stereocenters. The van der Waals surface area contributed by atoms with Gasteiger partial charge < -0.3 is 9.74 Å². The summed E-state index contributed by atoms with van der Waals surface area (Å²) in [5.41, 5.74) is 2.47. The van der Waals surface area contributed by atoms with E-state index < -0.39 is 11.9 Å². The predicted octanol–water partition coefficient (Wildman–Crippen LogP) is 2.67. The second kappa shape index (κ2) is 6.84. The molecular weight excluding hydrogens is 347 g/mol. The van der Waals surface area contributed by atoms with Crippen LogP contribution in [0.1, 0.15) is 23.2 Å². The summed E-state index contributed by atoms with van der Waals surface area (Å²) in [5.74, 6) is -0.711. The van der Waals surface area contributed by atoms with Crippen LogP contribution in [0, 0.1) is 12.7 Å². The normalized spacial score (nSPS) is 16.5. The number of aromatic nitrogens is 2. The summed E-state index contributed by atoms with van der Waals surface area (Å²) in [6.45, 7) is 2.35. The van der Waals surface area contributed by atoms with Crippen molar-refractivity contribution in [3.63, 3.8) is 0 Å². The summed E-state index contributed by atoms with van der Waals surface area (Å²) in [5, 5.41) is 8.28. The highest BCUT2D eigenvalue weighted by molar-refractivity contribution is 6.34. The number of hydrogen-bond acceptors (Lipinski definition) is 4. The van der Waals surface area contributed by atoms with Crippen molar-refractivity contribution < 1.29 is 14.0 Å². The molecule has 0 saturated heterocycles. The number of amides is 1. The second-order valence-corrected chi connectivity index (χ2v) is 6.41. The molecule has 1 atom stereocenters. The van der Waals surface area contributed by atoms with Crippen LogP contribution in [0.5, 0.6) is 0 Å². The molecule has 0 spiro atoms. The van der Waals surface area contributed by atoms with E-state index in [1.165, 1.54) is 12.1 Å². The van der Waals surface area contributed by atoms with Crippen molar-refractivity contribution in [1.82, 2.24) is 14.7 Å². The predicted molar refractivity (Wildman–Crippen MR) is 91.9 cm³/mol. The van der Waals surface area contributed by atoms with E-state index in [1.54, 1.807) is 28.9 Å². The molecule has 132 valence electrons. The van der Waals surface area contributed by atoms with Gasteiger partial charge in [0.15, 0.2) is 0 Å². The Morgan fingerprint density at radius 1 is 1.52 bits per heavy atom. The molecule has 1 amide bonds. The highest BCUT2D eigenvalue weighted by Crippen LogP contribution is 2.26. The Bertz CT molecular complexity index is 829. The number of aryl methyl sites for hydroxylation is 1. The summed E-state index contributed by atoms with van der Waals surface area (Å²) in [6.07, 6.45) is 1.12. The average Bonchev–Trinajstić information content (AvgIpc) is 3.17. The number of halogens is 2. The molecule has 1 aliphatic rings. The van der Waals surface area contributed by atoms with Crippen LogP contribution in [0.15, 0.2) is 29.6 Å². The molecular formula is C17H18ClFN4O2. The average molecular weight is 365 g/mol. The Balaban J connectivity index is 1.68. The van der Waals surface area contributed by atoms with Crippen LogP contribution in [0.3, 0.4) is 0 Å². The van der Waals surface area contributed by atoms with E-state index >= 15 is 0 Å². The lowest BCUT2D eigenvalue weighted by Crippen LogP contribution is -2.36. The number of oxime groups is 1. The number of carbonyl (C=O) groups excluding carboxylic acids is 1. The standard InChI is InChI=1S/C17H18ClFN4O2/c1-10-11(8-20-23(10)3)9-22(2)17(24)15-7-14(21-25-15)16-12(18)5-4-6-13(16)19/h4-6,8,15H,7,9H2,1-3H3. The summed E-state index contributed by atoms with van der Waals surface area (Å²) in [6, 6.07) is 4.40. The van der Waals surface area contributed by atoms with E-state index in [0.717, 1.165) is 11.3 Å². The van der Waals surface area contributed by atoms with E-state index in [-0.39, 0.29) is 22.9 Å². The van der Waals surface area contributed by atoms with Crippen molar-refractivity contribution in [2.24, 2.45) is 12.2 Å². The molecule has 1 aromatic carbocycles. The molecule has 0 saturated carbocycles. The zero-order valence-corrected chi connectivity index (χ0v) is 14.9. The smallest absolute Gasteiger partial charge is 0.266 e. The van der Waals surface area contributed by atoms with Crippen LogP contribution in [-0.4, -0.2) is 39.5 Å². The summed E-state index contributed by atoms with van der Waals surface area (Å²) in [4.78, 5) is 19.4. The van der Waals surface area contributed by atoms with Gasteiger partial charge in [-0.1, -0.05) is 22.8 Å². The lowest BCUT2D eigenvalue weighted by molar-refractivity contribution is -0.141. The van der Waals surface area contributed by atoms with Gasteiger partial charge >= 0.3 is 0 Å². The first-order chi connectivity index (χ1) is 11.9. The molecule has 6 nitrogen and oxygen atoms in total. The highest BCUT2D eigenvalue weighted by Gasteiger charge is 2.33. The molecule has 1 aliphatic heterocycles. The molecule has 1 aromatic heterocycles. The Kier molecular flexibility index (Phi) is 4.76. The quantitative estimate of drug-likeness (QED) is 0.838. The molecule has 25 heavy (non-hydrogen) atoms. The zero-order valence-electron chi connectivity index (χ0n) is 14.2. The summed E-state index contributed by atoms with van der Waals surface area (Å²) >= 11 is 6.05. The van der Waals surface area contributed by atoms with Gasteiger partial charge in [-0.05, 0) is 19.1 Å². The third-order valence-electron chi connectivity index (χ3n) is 4.32. The minimum absolute atomic E-state index is 0.176. The third-order valence-corrected chi connectivity index (χ3v) is 4.63. The number of nitrogens with zero attached hydrogens (tertiary/aromatic N) is 4. The Morgan fingerprint density at radius 2 is 2.28 bits per heavy atom. The van der Waals surface area contributed by atoms with Gasteiger partial charge in [-0.25, -0.2) is 4.39 Å². The van der Waals surface area contributed by atoms with Crippen molar-refractivity contribution in [1.29, 1.82) is 0 Å². The topological polar surface area (TPSA) is 59.7 Å². The summed E-state index contributed by atoms with van der Waals surface area (Å²) < 4.78 is 15.7. The maximum absolute atomic E-state index is 14.0. The van der Waals surface area contributed by atoms with Crippen LogP contribution < -0.4 is 0 Å². The van der Waals surface area contributed by atoms with Crippen LogP contribution >= 0.6 is 11.6 Å². The second-order valence-electron chi connectivity index (χ2n) is 6.01. The minimum atomic E-state index is -0.785. The molecule has 2 heterocycles. The van der Waals surface area contributed by atoms with Crippen LogP contribution in [-0.2, 0) is 23.2 Å². The maximum atomic E-state index is 14.0. The van der Waals surface area contributed by atoms with Gasteiger partial charge in [-0.15, -0.1) is 0 Å².